The van der Waals surface area contributed by atoms with Gasteiger partial charge in [0.1, 0.15) is 16.9 Å². The molecular weight excluding hydrogens is 668 g/mol. The summed E-state index contributed by atoms with van der Waals surface area (Å²) in [7, 11) is 1.43. The lowest BCUT2D eigenvalue weighted by Crippen LogP contribution is -2.42. The van der Waals surface area contributed by atoms with E-state index in [0.717, 1.165) is 9.13 Å². The summed E-state index contributed by atoms with van der Waals surface area (Å²) >= 11 is 1.95. The third kappa shape index (κ3) is 5.75. The van der Waals surface area contributed by atoms with Gasteiger partial charge >= 0.3 is 5.69 Å². The van der Waals surface area contributed by atoms with Crippen molar-refractivity contribution >= 4 is 56.6 Å². The molecule has 0 aliphatic rings. The number of hydrogen-bond donors (Lipinski definition) is 3. The van der Waals surface area contributed by atoms with Gasteiger partial charge in [0.05, 0.1) is 24.5 Å². The van der Waals surface area contributed by atoms with Crippen LogP contribution in [-0.4, -0.2) is 24.7 Å². The molecule has 3 N–H and O–H groups in total. The van der Waals surface area contributed by atoms with E-state index in [1.807, 2.05) is 22.6 Å². The molecule has 3 aromatic carbocycles. The van der Waals surface area contributed by atoms with Gasteiger partial charge in [0, 0.05) is 34.5 Å². The summed E-state index contributed by atoms with van der Waals surface area (Å²) < 4.78 is 19.3. The summed E-state index contributed by atoms with van der Waals surface area (Å²) in [4.78, 5) is 53.4. The summed E-state index contributed by atoms with van der Waals surface area (Å²) in [6, 6.07) is 17.8. The number of benzene rings is 3. The molecule has 1 amide bonds. The predicted molar refractivity (Wildman–Crippen MR) is 172 cm³/mol. The van der Waals surface area contributed by atoms with Crippen molar-refractivity contribution < 1.29 is 14.3 Å². The summed E-state index contributed by atoms with van der Waals surface area (Å²) in [5.74, 6) is -0.982. The van der Waals surface area contributed by atoms with Gasteiger partial charge in [-0.2, -0.15) is 0 Å². The van der Waals surface area contributed by atoms with Crippen molar-refractivity contribution in [3.63, 3.8) is 0 Å². The van der Waals surface area contributed by atoms with Gasteiger partial charge in [-0.25, -0.2) is 13.8 Å². The van der Waals surface area contributed by atoms with Crippen molar-refractivity contribution in [1.29, 1.82) is 0 Å². The number of halogens is 2. The number of nitrogens with one attached hydrogen (secondary N) is 2. The Bertz CT molecular complexity index is 2080. The van der Waals surface area contributed by atoms with Crippen LogP contribution in [0.25, 0.3) is 16.7 Å². The average Bonchev–Trinajstić information content (AvgIpc) is 2.97. The van der Waals surface area contributed by atoms with E-state index in [4.69, 9.17) is 0 Å². The molecule has 0 atom stereocenters. The van der Waals surface area contributed by atoms with Crippen LogP contribution in [0.3, 0.4) is 0 Å². The first-order valence-corrected chi connectivity index (χ1v) is 14.3. The van der Waals surface area contributed by atoms with Gasteiger partial charge in [0.15, 0.2) is 0 Å². The molecule has 2 heterocycles. The van der Waals surface area contributed by atoms with E-state index in [1.165, 1.54) is 30.7 Å². The second-order valence-electron chi connectivity index (χ2n) is 10.0. The van der Waals surface area contributed by atoms with Crippen LogP contribution in [-0.2, 0) is 25.0 Å². The second-order valence-corrected chi connectivity index (χ2v) is 11.3. The molecule has 0 bridgehead atoms. The monoisotopic (exact) mass is 695 g/mol. The van der Waals surface area contributed by atoms with E-state index in [1.54, 1.807) is 61.5 Å². The maximum atomic E-state index is 15.5. The number of hydrogen-bond acceptors (Lipinski definition) is 6. The van der Waals surface area contributed by atoms with Crippen molar-refractivity contribution in [3.8, 4) is 5.69 Å². The molecule has 5 rings (SSSR count). The zero-order chi connectivity index (χ0) is 31.0. The smallest absolute Gasteiger partial charge is 0.337 e. The highest BCUT2D eigenvalue weighted by Crippen LogP contribution is 2.28. The number of nitrogens with zero attached hydrogens (tertiary/aromatic N) is 3. The summed E-state index contributed by atoms with van der Waals surface area (Å²) in [6.07, 6.45) is 0. The first-order chi connectivity index (χ1) is 20.5. The lowest BCUT2D eigenvalue weighted by Gasteiger charge is -2.21. The van der Waals surface area contributed by atoms with Crippen LogP contribution in [0.4, 0.5) is 21.5 Å². The summed E-state index contributed by atoms with van der Waals surface area (Å²) in [5, 5.41) is 15.3. The van der Waals surface area contributed by atoms with Gasteiger partial charge in [-0.15, -0.1) is 0 Å². The van der Waals surface area contributed by atoms with Gasteiger partial charge in [-0.05, 0) is 77.0 Å². The molecule has 0 fully saturated rings. The molecule has 10 nitrogen and oxygen atoms in total. The fourth-order valence-corrected chi connectivity index (χ4v) is 5.40. The highest BCUT2D eigenvalue weighted by atomic mass is 127. The molecule has 0 aliphatic carbocycles. The van der Waals surface area contributed by atoms with Crippen LogP contribution in [0.1, 0.15) is 23.6 Å². The molecule has 0 radical (unpaired) electrons. The Morgan fingerprint density at radius 2 is 1.63 bits per heavy atom. The number of rotatable bonds is 7. The largest absolute Gasteiger partial charge is 0.392 e. The Balaban J connectivity index is 1.86. The van der Waals surface area contributed by atoms with Gasteiger partial charge in [-0.3, -0.25) is 23.5 Å². The van der Waals surface area contributed by atoms with Crippen LogP contribution >= 0.6 is 22.6 Å². The van der Waals surface area contributed by atoms with Crippen LogP contribution in [0.5, 0.6) is 0 Å². The topological polar surface area (TPSA) is 127 Å². The number of aliphatic hydroxyl groups is 1. The van der Waals surface area contributed by atoms with E-state index in [2.05, 4.69) is 10.6 Å². The minimum absolute atomic E-state index is 0.00550. The summed E-state index contributed by atoms with van der Waals surface area (Å²) in [6.45, 7) is 2.62. The molecule has 0 saturated carbocycles. The first kappa shape index (κ1) is 29.9. The molecule has 0 unspecified atom stereocenters. The number of aryl methyl sites for hydroxylation is 1. The number of carbonyl (C=O) groups excluding carboxylic acids is 1. The quantitative estimate of drug-likeness (QED) is 0.220. The maximum Gasteiger partial charge on any atom is 0.337 e. The standard InChI is InChI=1S/C31H27FIN5O5/c1-17-27(35-23-6-4-5-22(14-23)34-18(2)40)26-28(36(3)29(17)41)38(25-12-11-21(33)13-24(25)32)31(43)37(30(26)42)15-19-7-9-20(16-39)10-8-19/h4-14,35,39H,15-16H2,1-3H3,(H,34,40). The number of carbonyl (C=O) groups is 1. The fraction of sp³-hybridized carbons (Fsp3) is 0.161. The number of fused-ring (bicyclic) bond motifs is 1. The Hall–Kier alpha value is -4.56. The SMILES string of the molecule is CC(=O)Nc1cccc(Nc2c(C)c(=O)n(C)c3c2c(=O)n(Cc2ccc(CO)cc2)c(=O)n3-c2ccc(I)cc2F)c1. The summed E-state index contributed by atoms with van der Waals surface area (Å²) in [5.41, 5.74) is 0.331. The maximum absolute atomic E-state index is 15.5. The Labute approximate surface area is 258 Å². The molecular formula is C31H27FIN5O5. The highest BCUT2D eigenvalue weighted by Gasteiger charge is 2.24. The first-order valence-electron chi connectivity index (χ1n) is 13.2. The van der Waals surface area contributed by atoms with Gasteiger partial charge in [-0.1, -0.05) is 30.3 Å². The minimum atomic E-state index is -0.832. The highest BCUT2D eigenvalue weighted by molar-refractivity contribution is 14.1. The van der Waals surface area contributed by atoms with E-state index < -0.39 is 22.6 Å². The van der Waals surface area contributed by atoms with Crippen molar-refractivity contribution in [3.05, 3.63) is 124 Å². The van der Waals surface area contributed by atoms with Crippen molar-refractivity contribution in [2.45, 2.75) is 27.0 Å². The lowest BCUT2D eigenvalue weighted by molar-refractivity contribution is -0.114. The zero-order valence-corrected chi connectivity index (χ0v) is 25.6. The molecule has 0 saturated heterocycles. The normalized spacial score (nSPS) is 11.1. The predicted octanol–water partition coefficient (Wildman–Crippen LogP) is 4.15. The molecule has 220 valence electrons. The molecule has 43 heavy (non-hydrogen) atoms. The third-order valence-corrected chi connectivity index (χ3v) is 7.70. The number of aliphatic hydroxyl groups excluding tert-OH is 1. The van der Waals surface area contributed by atoms with Crippen molar-refractivity contribution in [2.75, 3.05) is 10.6 Å². The van der Waals surface area contributed by atoms with Crippen LogP contribution < -0.4 is 27.4 Å². The van der Waals surface area contributed by atoms with E-state index >= 15 is 4.39 Å². The molecule has 0 aliphatic heterocycles. The minimum Gasteiger partial charge on any atom is -0.392 e. The van der Waals surface area contributed by atoms with Gasteiger partial charge < -0.3 is 15.7 Å². The Morgan fingerprint density at radius 3 is 2.28 bits per heavy atom. The molecule has 0 spiro atoms. The molecule has 5 aromatic rings. The van der Waals surface area contributed by atoms with Gasteiger partial charge in [0.2, 0.25) is 5.91 Å². The zero-order valence-electron chi connectivity index (χ0n) is 23.4. The number of anilines is 3. The second kappa shape index (κ2) is 12.0. The number of pyridine rings is 1. The molecule has 12 heteroatoms. The Kier molecular flexibility index (Phi) is 8.33. The van der Waals surface area contributed by atoms with Crippen LogP contribution in [0.2, 0.25) is 0 Å². The average molecular weight is 695 g/mol. The van der Waals surface area contributed by atoms with Crippen molar-refractivity contribution in [2.24, 2.45) is 7.05 Å². The van der Waals surface area contributed by atoms with Crippen LogP contribution in [0.15, 0.2) is 81.1 Å². The van der Waals surface area contributed by atoms with E-state index in [0.29, 0.717) is 26.1 Å². The van der Waals surface area contributed by atoms with Crippen molar-refractivity contribution in [1.82, 2.24) is 13.7 Å². The molecule has 2 aromatic heterocycles. The third-order valence-electron chi connectivity index (χ3n) is 7.03. The fourth-order valence-electron chi connectivity index (χ4n) is 4.95. The Morgan fingerprint density at radius 1 is 0.953 bits per heavy atom. The number of aromatic nitrogens is 3. The van der Waals surface area contributed by atoms with Gasteiger partial charge in [0.25, 0.3) is 11.1 Å². The van der Waals surface area contributed by atoms with E-state index in [-0.39, 0.29) is 47.0 Å². The van der Waals surface area contributed by atoms with E-state index in [9.17, 15) is 24.3 Å². The lowest BCUT2D eigenvalue weighted by atomic mass is 10.1. The van der Waals surface area contributed by atoms with Crippen LogP contribution in [0, 0.1) is 16.3 Å². The number of amides is 1.